The summed E-state index contributed by atoms with van der Waals surface area (Å²) < 4.78 is 0. The van der Waals surface area contributed by atoms with Gasteiger partial charge in [0.15, 0.2) is 0 Å². The highest BCUT2D eigenvalue weighted by Gasteiger charge is 2.37. The van der Waals surface area contributed by atoms with Crippen LogP contribution in [0.5, 0.6) is 0 Å². The van der Waals surface area contributed by atoms with Crippen LogP contribution in [0.15, 0.2) is 54.6 Å². The first-order chi connectivity index (χ1) is 12.1. The number of piperidine rings is 1. The predicted molar refractivity (Wildman–Crippen MR) is 102 cm³/mol. The summed E-state index contributed by atoms with van der Waals surface area (Å²) in [6.07, 6.45) is 7.10. The maximum Gasteiger partial charge on any atom is 0.221 e. The Hall–Kier alpha value is -2.39. The summed E-state index contributed by atoms with van der Waals surface area (Å²) in [5.74, 6) is -0.0287. The molecule has 0 atom stereocenters. The summed E-state index contributed by atoms with van der Waals surface area (Å²) in [5, 5.41) is 2.82. The zero-order chi connectivity index (χ0) is 17.3. The van der Waals surface area contributed by atoms with Gasteiger partial charge in [-0.05, 0) is 54.8 Å². The van der Waals surface area contributed by atoms with Crippen LogP contribution in [0.1, 0.15) is 36.5 Å². The van der Waals surface area contributed by atoms with Gasteiger partial charge >= 0.3 is 0 Å². The smallest absolute Gasteiger partial charge is 0.221 e. The van der Waals surface area contributed by atoms with Crippen LogP contribution in [0.4, 0.5) is 5.69 Å². The van der Waals surface area contributed by atoms with E-state index in [9.17, 15) is 4.79 Å². The highest BCUT2D eigenvalue weighted by molar-refractivity contribution is 5.88. The van der Waals surface area contributed by atoms with Crippen molar-refractivity contribution in [2.45, 2.75) is 31.7 Å². The number of amides is 1. The number of anilines is 1. The van der Waals surface area contributed by atoms with Gasteiger partial charge in [-0.1, -0.05) is 48.6 Å². The molecule has 25 heavy (non-hydrogen) atoms. The Labute approximate surface area is 149 Å². The van der Waals surface area contributed by atoms with E-state index < -0.39 is 0 Å². The van der Waals surface area contributed by atoms with Gasteiger partial charge in [0.25, 0.3) is 0 Å². The average Bonchev–Trinajstić information content (AvgIpc) is 2.97. The van der Waals surface area contributed by atoms with Crippen molar-refractivity contribution in [1.29, 1.82) is 0 Å². The van der Waals surface area contributed by atoms with Crippen LogP contribution >= 0.6 is 0 Å². The van der Waals surface area contributed by atoms with E-state index >= 15 is 0 Å². The minimum atomic E-state index is -0.0287. The fourth-order valence-electron chi connectivity index (χ4n) is 4.14. The summed E-state index contributed by atoms with van der Waals surface area (Å²) in [6.45, 7) is 4.74. The van der Waals surface area contributed by atoms with E-state index in [-0.39, 0.29) is 11.3 Å². The molecule has 3 heteroatoms. The van der Waals surface area contributed by atoms with E-state index in [0.717, 1.165) is 25.3 Å². The van der Waals surface area contributed by atoms with Crippen molar-refractivity contribution >= 4 is 17.7 Å². The summed E-state index contributed by atoms with van der Waals surface area (Å²) in [6, 6.07) is 17.0. The van der Waals surface area contributed by atoms with E-state index in [2.05, 4.69) is 58.8 Å². The second-order valence-electron chi connectivity index (χ2n) is 7.23. The number of hydrogen-bond acceptors (Lipinski definition) is 2. The first kappa shape index (κ1) is 16.1. The molecular weight excluding hydrogens is 308 g/mol. The van der Waals surface area contributed by atoms with Crippen molar-refractivity contribution < 1.29 is 4.79 Å². The predicted octanol–water partition coefficient (Wildman–Crippen LogP) is 4.21. The first-order valence-electron chi connectivity index (χ1n) is 9.02. The monoisotopic (exact) mass is 332 g/mol. The Balaban J connectivity index is 1.38. The molecule has 1 heterocycles. The average molecular weight is 332 g/mol. The van der Waals surface area contributed by atoms with Crippen LogP contribution in [0.25, 0.3) is 6.08 Å². The quantitative estimate of drug-likeness (QED) is 0.913. The minimum Gasteiger partial charge on any atom is -0.326 e. The lowest BCUT2D eigenvalue weighted by molar-refractivity contribution is -0.114. The molecule has 1 fully saturated rings. The summed E-state index contributed by atoms with van der Waals surface area (Å²) in [5.41, 5.74) is 5.32. The maximum absolute atomic E-state index is 11.1. The van der Waals surface area contributed by atoms with E-state index in [4.69, 9.17) is 0 Å². The largest absolute Gasteiger partial charge is 0.326 e. The fraction of sp³-hybridized carbons (Fsp3) is 0.318. The van der Waals surface area contributed by atoms with Gasteiger partial charge in [0.1, 0.15) is 0 Å². The number of allylic oxidation sites excluding steroid dienone is 1. The maximum atomic E-state index is 11.1. The Morgan fingerprint density at radius 3 is 2.52 bits per heavy atom. The van der Waals surface area contributed by atoms with Crippen molar-refractivity contribution in [2.75, 3.05) is 18.4 Å². The van der Waals surface area contributed by atoms with Gasteiger partial charge < -0.3 is 5.32 Å². The third-order valence-corrected chi connectivity index (χ3v) is 5.51. The van der Waals surface area contributed by atoms with Crippen LogP contribution in [0.3, 0.4) is 0 Å². The molecule has 1 aliphatic carbocycles. The Morgan fingerprint density at radius 2 is 1.80 bits per heavy atom. The molecule has 128 valence electrons. The molecular formula is C22H24N2O. The molecule has 2 aliphatic rings. The second kappa shape index (κ2) is 6.49. The summed E-state index contributed by atoms with van der Waals surface area (Å²) in [7, 11) is 0. The molecule has 3 nitrogen and oxygen atoms in total. The topological polar surface area (TPSA) is 32.3 Å². The molecule has 2 aromatic rings. The molecule has 4 rings (SSSR count). The van der Waals surface area contributed by atoms with Gasteiger partial charge in [-0.25, -0.2) is 0 Å². The molecule has 1 aliphatic heterocycles. The van der Waals surface area contributed by atoms with Crippen LogP contribution < -0.4 is 5.32 Å². The Kier molecular flexibility index (Phi) is 4.18. The number of carbonyl (C=O) groups is 1. The van der Waals surface area contributed by atoms with E-state index in [1.54, 1.807) is 0 Å². The molecule has 1 N–H and O–H groups in total. The lowest BCUT2D eigenvalue weighted by Crippen LogP contribution is -2.40. The molecule has 0 bridgehead atoms. The van der Waals surface area contributed by atoms with Crippen LogP contribution in [0, 0.1) is 0 Å². The third kappa shape index (κ3) is 3.24. The first-order valence-corrected chi connectivity index (χ1v) is 9.02. The number of nitrogens with zero attached hydrogens (tertiary/aromatic N) is 1. The minimum absolute atomic E-state index is 0.0287. The zero-order valence-corrected chi connectivity index (χ0v) is 14.7. The summed E-state index contributed by atoms with van der Waals surface area (Å²) in [4.78, 5) is 13.6. The number of likely N-dealkylation sites (tertiary alicyclic amines) is 1. The molecule has 0 aromatic heterocycles. The van der Waals surface area contributed by atoms with Crippen molar-refractivity contribution in [3.63, 3.8) is 0 Å². The number of fused-ring (bicyclic) bond motifs is 2. The Bertz CT molecular complexity index is 799. The number of rotatable bonds is 3. The number of nitrogens with one attached hydrogen (secondary N) is 1. The van der Waals surface area contributed by atoms with Crippen molar-refractivity contribution in [3.05, 3.63) is 71.3 Å². The van der Waals surface area contributed by atoms with Crippen molar-refractivity contribution in [2.24, 2.45) is 0 Å². The van der Waals surface area contributed by atoms with E-state index in [1.165, 1.54) is 36.5 Å². The molecule has 1 amide bonds. The third-order valence-electron chi connectivity index (χ3n) is 5.51. The number of benzene rings is 2. The number of hydrogen-bond donors (Lipinski definition) is 1. The van der Waals surface area contributed by atoms with Gasteiger partial charge in [-0.3, -0.25) is 9.69 Å². The summed E-state index contributed by atoms with van der Waals surface area (Å²) >= 11 is 0. The van der Waals surface area contributed by atoms with Crippen molar-refractivity contribution in [3.8, 4) is 0 Å². The highest BCUT2D eigenvalue weighted by atomic mass is 16.1. The molecule has 1 saturated heterocycles. The molecule has 1 spiro atoms. The lowest BCUT2D eigenvalue weighted by Gasteiger charge is -2.39. The Morgan fingerprint density at radius 1 is 1.08 bits per heavy atom. The van der Waals surface area contributed by atoms with Gasteiger partial charge in [-0.15, -0.1) is 0 Å². The van der Waals surface area contributed by atoms with Crippen LogP contribution in [-0.2, 0) is 16.8 Å². The second-order valence-corrected chi connectivity index (χ2v) is 7.23. The highest BCUT2D eigenvalue weighted by Crippen LogP contribution is 2.43. The molecule has 2 aromatic carbocycles. The fourth-order valence-corrected chi connectivity index (χ4v) is 4.14. The number of carbonyl (C=O) groups excluding carboxylic acids is 1. The van der Waals surface area contributed by atoms with Crippen LogP contribution in [0.2, 0.25) is 0 Å². The molecule has 0 unspecified atom stereocenters. The van der Waals surface area contributed by atoms with Crippen molar-refractivity contribution in [1.82, 2.24) is 4.90 Å². The standard InChI is InChI=1S/C22H24N2O/c1-17(25)23-20-8-6-18(7-9-20)16-24-14-12-22(13-15-24)11-10-19-4-2-3-5-21(19)22/h2-11H,12-16H2,1H3,(H,23,25). The van der Waals surface area contributed by atoms with Crippen LogP contribution in [-0.4, -0.2) is 23.9 Å². The van der Waals surface area contributed by atoms with Gasteiger partial charge in [-0.2, -0.15) is 0 Å². The lowest BCUT2D eigenvalue weighted by atomic mass is 9.74. The normalized spacial score (nSPS) is 18.3. The van der Waals surface area contributed by atoms with Gasteiger partial charge in [0, 0.05) is 24.6 Å². The SMILES string of the molecule is CC(=O)Nc1ccc(CN2CCC3(C=Cc4ccccc43)CC2)cc1. The van der Waals surface area contributed by atoms with E-state index in [0.29, 0.717) is 0 Å². The van der Waals surface area contributed by atoms with Gasteiger partial charge in [0.05, 0.1) is 0 Å². The zero-order valence-electron chi connectivity index (χ0n) is 14.7. The van der Waals surface area contributed by atoms with E-state index in [1.807, 2.05) is 12.1 Å². The molecule has 0 saturated carbocycles. The van der Waals surface area contributed by atoms with Gasteiger partial charge in [0.2, 0.25) is 5.91 Å². The molecule has 0 radical (unpaired) electrons.